The fourth-order valence-corrected chi connectivity index (χ4v) is 3.58. The zero-order valence-electron chi connectivity index (χ0n) is 16.5. The number of carbonyl (C=O) groups excluding carboxylic acids is 1. The Bertz CT molecular complexity index is 1050. The standard InChI is InChI=1S/C22H21Cl2N5O/c1-28-9-11-29(12-10-28)21-8-7-20(26-27-21)15-3-2-4-17(13-15)25-22(30)16-5-6-18(23)19(24)14-16/h2-8,13-14H,9-12H2,1H3,(H,25,30). The Labute approximate surface area is 185 Å². The van der Waals surface area contributed by atoms with Crippen LogP contribution in [0, 0.1) is 0 Å². The maximum atomic E-state index is 12.5. The molecule has 1 saturated heterocycles. The van der Waals surface area contributed by atoms with Gasteiger partial charge in [-0.1, -0.05) is 35.3 Å². The molecule has 0 saturated carbocycles. The van der Waals surface area contributed by atoms with Crippen LogP contribution < -0.4 is 10.2 Å². The lowest BCUT2D eigenvalue weighted by atomic mass is 10.1. The van der Waals surface area contributed by atoms with E-state index in [0.29, 0.717) is 21.3 Å². The molecule has 6 nitrogen and oxygen atoms in total. The average Bonchev–Trinajstić information content (AvgIpc) is 2.76. The lowest BCUT2D eigenvalue weighted by Crippen LogP contribution is -2.44. The summed E-state index contributed by atoms with van der Waals surface area (Å²) in [6, 6.07) is 16.2. The summed E-state index contributed by atoms with van der Waals surface area (Å²) in [7, 11) is 2.12. The number of anilines is 2. The molecule has 0 aliphatic carbocycles. The number of rotatable bonds is 4. The highest BCUT2D eigenvalue weighted by molar-refractivity contribution is 6.42. The monoisotopic (exact) mass is 441 g/mol. The summed E-state index contributed by atoms with van der Waals surface area (Å²) in [5.74, 6) is 0.623. The molecule has 4 rings (SSSR count). The second-order valence-corrected chi connectivity index (χ2v) is 8.05. The number of halogens is 2. The van der Waals surface area contributed by atoms with Gasteiger partial charge in [0.25, 0.3) is 5.91 Å². The molecule has 2 aromatic carbocycles. The number of hydrogen-bond donors (Lipinski definition) is 1. The molecule has 0 unspecified atom stereocenters. The van der Waals surface area contributed by atoms with Crippen molar-refractivity contribution in [2.75, 3.05) is 43.4 Å². The van der Waals surface area contributed by atoms with Gasteiger partial charge >= 0.3 is 0 Å². The molecule has 1 aliphatic heterocycles. The number of piperazine rings is 1. The highest BCUT2D eigenvalue weighted by Crippen LogP contribution is 2.25. The molecule has 1 fully saturated rings. The molecule has 1 amide bonds. The van der Waals surface area contributed by atoms with Crippen LogP contribution in [0.2, 0.25) is 10.0 Å². The van der Waals surface area contributed by atoms with E-state index in [9.17, 15) is 4.79 Å². The number of aromatic nitrogens is 2. The minimum absolute atomic E-state index is 0.262. The van der Waals surface area contributed by atoms with Crippen LogP contribution >= 0.6 is 23.2 Å². The maximum Gasteiger partial charge on any atom is 0.255 e. The van der Waals surface area contributed by atoms with Gasteiger partial charge in [-0.05, 0) is 49.5 Å². The van der Waals surface area contributed by atoms with Gasteiger partial charge in [0.2, 0.25) is 0 Å². The zero-order chi connectivity index (χ0) is 21.1. The normalized spacial score (nSPS) is 14.6. The first-order valence-corrected chi connectivity index (χ1v) is 10.4. The molecule has 0 radical (unpaired) electrons. The lowest BCUT2D eigenvalue weighted by molar-refractivity contribution is 0.102. The summed E-state index contributed by atoms with van der Waals surface area (Å²) in [5, 5.41) is 12.4. The molecule has 0 bridgehead atoms. The highest BCUT2D eigenvalue weighted by Gasteiger charge is 2.16. The summed E-state index contributed by atoms with van der Waals surface area (Å²) in [6.07, 6.45) is 0. The van der Waals surface area contributed by atoms with Crippen LogP contribution in [0.15, 0.2) is 54.6 Å². The van der Waals surface area contributed by atoms with Gasteiger partial charge in [0.05, 0.1) is 15.7 Å². The number of hydrogen-bond acceptors (Lipinski definition) is 5. The van der Waals surface area contributed by atoms with Crippen LogP contribution in [0.1, 0.15) is 10.4 Å². The fraction of sp³-hybridized carbons (Fsp3) is 0.227. The highest BCUT2D eigenvalue weighted by atomic mass is 35.5. The van der Waals surface area contributed by atoms with Gasteiger partial charge in [0.15, 0.2) is 5.82 Å². The predicted molar refractivity (Wildman–Crippen MR) is 122 cm³/mol. The molecule has 3 aromatic rings. The van der Waals surface area contributed by atoms with Gasteiger partial charge in [0, 0.05) is 43.0 Å². The van der Waals surface area contributed by atoms with Gasteiger partial charge in [-0.3, -0.25) is 4.79 Å². The third-order valence-corrected chi connectivity index (χ3v) is 5.81. The molecule has 1 aromatic heterocycles. The Kier molecular flexibility index (Phi) is 6.18. The van der Waals surface area contributed by atoms with Gasteiger partial charge in [0.1, 0.15) is 0 Å². The van der Waals surface area contributed by atoms with Crippen LogP contribution in [-0.2, 0) is 0 Å². The molecule has 1 N–H and O–H groups in total. The summed E-state index contributed by atoms with van der Waals surface area (Å²) >= 11 is 11.9. The molecule has 0 atom stereocenters. The maximum absolute atomic E-state index is 12.5. The van der Waals surface area contributed by atoms with Crippen molar-refractivity contribution in [3.8, 4) is 11.3 Å². The van der Waals surface area contributed by atoms with Crippen molar-refractivity contribution in [2.24, 2.45) is 0 Å². The SMILES string of the molecule is CN1CCN(c2ccc(-c3cccc(NC(=O)c4ccc(Cl)c(Cl)c4)c3)nn2)CC1. The average molecular weight is 442 g/mol. The van der Waals surface area contributed by atoms with Crippen molar-refractivity contribution in [3.05, 3.63) is 70.2 Å². The summed E-state index contributed by atoms with van der Waals surface area (Å²) < 4.78 is 0. The van der Waals surface area contributed by atoms with E-state index in [2.05, 4.69) is 32.4 Å². The molecular weight excluding hydrogens is 421 g/mol. The van der Waals surface area contributed by atoms with Crippen LogP contribution in [-0.4, -0.2) is 54.2 Å². The molecule has 154 valence electrons. The Morgan fingerprint density at radius 1 is 0.933 bits per heavy atom. The van der Waals surface area contributed by atoms with E-state index < -0.39 is 0 Å². The Morgan fingerprint density at radius 3 is 2.43 bits per heavy atom. The van der Waals surface area contributed by atoms with Crippen molar-refractivity contribution >= 4 is 40.6 Å². The van der Waals surface area contributed by atoms with E-state index in [1.165, 1.54) is 0 Å². The largest absolute Gasteiger partial charge is 0.353 e. The minimum atomic E-state index is -0.262. The van der Waals surface area contributed by atoms with Gasteiger partial charge in [-0.25, -0.2) is 0 Å². The second-order valence-electron chi connectivity index (χ2n) is 7.23. The Balaban J connectivity index is 1.47. The van der Waals surface area contributed by atoms with Gasteiger partial charge < -0.3 is 15.1 Å². The van der Waals surface area contributed by atoms with Crippen molar-refractivity contribution in [1.29, 1.82) is 0 Å². The third-order valence-electron chi connectivity index (χ3n) is 5.08. The summed E-state index contributed by atoms with van der Waals surface area (Å²) in [5.41, 5.74) is 2.72. The van der Waals surface area contributed by atoms with Crippen LogP contribution in [0.5, 0.6) is 0 Å². The summed E-state index contributed by atoms with van der Waals surface area (Å²) in [4.78, 5) is 17.1. The van der Waals surface area contributed by atoms with E-state index in [1.807, 2.05) is 36.4 Å². The number of nitrogens with one attached hydrogen (secondary N) is 1. The lowest BCUT2D eigenvalue weighted by Gasteiger charge is -2.32. The summed E-state index contributed by atoms with van der Waals surface area (Å²) in [6.45, 7) is 3.93. The van der Waals surface area contributed by atoms with E-state index in [4.69, 9.17) is 23.2 Å². The zero-order valence-corrected chi connectivity index (χ0v) is 18.0. The first-order chi connectivity index (χ1) is 14.5. The molecule has 0 spiro atoms. The number of likely N-dealkylation sites (N-methyl/N-ethyl adjacent to an activating group) is 1. The van der Waals surface area contributed by atoms with Crippen molar-refractivity contribution < 1.29 is 4.79 Å². The molecular formula is C22H21Cl2N5O. The minimum Gasteiger partial charge on any atom is -0.353 e. The van der Waals surface area contributed by atoms with Crippen molar-refractivity contribution in [2.45, 2.75) is 0 Å². The smallest absolute Gasteiger partial charge is 0.255 e. The number of amides is 1. The quantitative estimate of drug-likeness (QED) is 0.647. The van der Waals surface area contributed by atoms with Gasteiger partial charge in [-0.15, -0.1) is 10.2 Å². The van der Waals surface area contributed by atoms with Crippen molar-refractivity contribution in [3.63, 3.8) is 0 Å². The first kappa shape index (κ1) is 20.6. The van der Waals surface area contributed by atoms with E-state index in [1.54, 1.807) is 18.2 Å². The topological polar surface area (TPSA) is 61.4 Å². The molecule has 30 heavy (non-hydrogen) atoms. The predicted octanol–water partition coefficient (Wildman–Crippen LogP) is 4.45. The van der Waals surface area contributed by atoms with Crippen molar-refractivity contribution in [1.82, 2.24) is 15.1 Å². The van der Waals surface area contributed by atoms with E-state index in [0.717, 1.165) is 43.3 Å². The van der Waals surface area contributed by atoms with E-state index >= 15 is 0 Å². The fourth-order valence-electron chi connectivity index (χ4n) is 3.28. The second kappa shape index (κ2) is 9.00. The van der Waals surface area contributed by atoms with E-state index in [-0.39, 0.29) is 5.91 Å². The van der Waals surface area contributed by atoms with Gasteiger partial charge in [-0.2, -0.15) is 0 Å². The molecule has 2 heterocycles. The Morgan fingerprint density at radius 2 is 1.73 bits per heavy atom. The van der Waals surface area contributed by atoms with Crippen LogP contribution in [0.25, 0.3) is 11.3 Å². The van der Waals surface area contributed by atoms with Crippen LogP contribution in [0.4, 0.5) is 11.5 Å². The number of carbonyl (C=O) groups is 1. The number of nitrogens with zero attached hydrogens (tertiary/aromatic N) is 4. The molecule has 1 aliphatic rings. The van der Waals surface area contributed by atoms with Crippen LogP contribution in [0.3, 0.4) is 0 Å². The third kappa shape index (κ3) is 4.73. The Hall–Kier alpha value is -2.67. The number of benzene rings is 2. The molecule has 8 heteroatoms. The first-order valence-electron chi connectivity index (χ1n) is 9.64.